The molecular formula is C69H81BrClN15. The van der Waals surface area contributed by atoms with Crippen molar-refractivity contribution in [2.75, 3.05) is 74.6 Å². The maximum atomic E-state index is 4.56. The van der Waals surface area contributed by atoms with Crippen molar-refractivity contribution in [2.24, 2.45) is 0 Å². The number of piperidine rings is 2. The van der Waals surface area contributed by atoms with Crippen molar-refractivity contribution in [3.63, 3.8) is 0 Å². The van der Waals surface area contributed by atoms with Crippen molar-refractivity contribution in [1.29, 1.82) is 0 Å². The second kappa shape index (κ2) is 29.5. The Morgan fingerprint density at radius 2 is 0.721 bits per heavy atom. The van der Waals surface area contributed by atoms with E-state index in [2.05, 4.69) is 209 Å². The van der Waals surface area contributed by atoms with Gasteiger partial charge in [0, 0.05) is 92.4 Å². The van der Waals surface area contributed by atoms with Gasteiger partial charge in [0.05, 0.1) is 4.47 Å². The number of aromatic nitrogens is 8. The topological polar surface area (TPSA) is 170 Å². The van der Waals surface area contributed by atoms with Crippen molar-refractivity contribution in [3.05, 3.63) is 218 Å². The number of likely N-dealkylation sites (N-methyl/N-ethyl adjacent to an activating group) is 1. The molecule has 446 valence electrons. The molecule has 0 atom stereocenters. The summed E-state index contributed by atoms with van der Waals surface area (Å²) < 4.78 is 0.901. The van der Waals surface area contributed by atoms with Gasteiger partial charge in [-0.05, 0) is 213 Å². The minimum Gasteiger partial charge on any atom is -0.351 e. The number of fused-ring (bicyclic) bond motifs is 4. The van der Waals surface area contributed by atoms with Crippen LogP contribution in [0.5, 0.6) is 0 Å². The normalized spacial score (nSPS) is 18.0. The summed E-state index contributed by atoms with van der Waals surface area (Å²) in [6, 6.07) is 36.2. The van der Waals surface area contributed by atoms with E-state index in [0.717, 1.165) is 112 Å². The first-order valence-corrected chi connectivity index (χ1v) is 31.6. The molecule has 2 saturated heterocycles. The van der Waals surface area contributed by atoms with Gasteiger partial charge in [-0.1, -0.05) is 103 Å². The highest BCUT2D eigenvalue weighted by Gasteiger charge is 2.26. The number of benzene rings is 4. The predicted molar refractivity (Wildman–Crippen MR) is 353 cm³/mol. The first-order valence-electron chi connectivity index (χ1n) is 30.8. The third kappa shape index (κ3) is 16.2. The lowest BCUT2D eigenvalue weighted by molar-refractivity contribution is 0.255. The van der Waals surface area contributed by atoms with Gasteiger partial charge in [-0.25, -0.2) is 39.9 Å². The van der Waals surface area contributed by atoms with Crippen LogP contribution in [0.4, 0.5) is 23.8 Å². The van der Waals surface area contributed by atoms with Gasteiger partial charge in [0.1, 0.15) is 0 Å². The average Bonchev–Trinajstić information content (AvgIpc) is 4.42. The number of hydrogen-bond acceptors (Lipinski definition) is 15. The zero-order valence-electron chi connectivity index (χ0n) is 49.6. The van der Waals surface area contributed by atoms with Crippen LogP contribution < -0.4 is 26.6 Å². The molecule has 2 fully saturated rings. The number of anilines is 4. The van der Waals surface area contributed by atoms with Crippen molar-refractivity contribution in [2.45, 2.75) is 119 Å². The fourth-order valence-electron chi connectivity index (χ4n) is 13.1. The summed E-state index contributed by atoms with van der Waals surface area (Å²) in [4.78, 5) is 40.4. The molecule has 0 saturated carbocycles. The van der Waals surface area contributed by atoms with Crippen molar-refractivity contribution >= 4 is 57.7 Å². The third-order valence-electron chi connectivity index (χ3n) is 17.9. The highest BCUT2D eigenvalue weighted by atomic mass is 79.9. The molecule has 0 spiro atoms. The van der Waals surface area contributed by atoms with Gasteiger partial charge in [0.15, 0.2) is 0 Å². The maximum Gasteiger partial charge on any atom is 0.222 e. The van der Waals surface area contributed by atoms with Crippen LogP contribution in [0.1, 0.15) is 105 Å². The maximum absolute atomic E-state index is 4.56. The standard InChI is InChI=1S/C19H24N4.C19H22N4.C18H22N4.C13H12BrN3.ClH/c2*1-23-8-6-14(7-9-23)17-12-20-19(21-13-17)22-18-10-15-4-2-3-5-16(15)11-18;1-2-4-15-10-17(9-14(15)3-1)22-18-20-11-16(12-21-18)13-5-7-19-8-6-13;14-11-7-15-13(16-8-11)17-12-5-9-3-1-2-4-10(9)6-12;/h2-5,12-14,18H,6-11H2,1H3,(H,20,21,22);2-6,12-13,18H,7-11H2,1H3,(H,20,21,22);1-4,11-13,17,19H,5-10H2,(H,20,21,22);1-4,7-8,12H,5-6H2,(H,15,16,17);1H. The van der Waals surface area contributed by atoms with Gasteiger partial charge in [0.2, 0.25) is 23.8 Å². The lowest BCUT2D eigenvalue weighted by atomic mass is 9.92. The zero-order chi connectivity index (χ0) is 57.7. The molecule has 86 heavy (non-hydrogen) atoms. The highest BCUT2D eigenvalue weighted by Crippen LogP contribution is 2.31. The van der Waals surface area contributed by atoms with E-state index in [1.807, 2.05) is 37.2 Å². The number of hydrogen-bond donors (Lipinski definition) is 5. The molecule has 5 N–H and O–H groups in total. The van der Waals surface area contributed by atoms with E-state index in [0.29, 0.717) is 42.0 Å². The van der Waals surface area contributed by atoms with Gasteiger partial charge in [0.25, 0.3) is 0 Å². The Bertz CT molecular complexity index is 3360. The van der Waals surface area contributed by atoms with E-state index in [-0.39, 0.29) is 12.4 Å². The molecule has 0 unspecified atom stereocenters. The molecule has 4 aliphatic carbocycles. The molecule has 8 aromatic rings. The smallest absolute Gasteiger partial charge is 0.222 e. The van der Waals surface area contributed by atoms with E-state index in [1.54, 1.807) is 12.4 Å². The molecule has 7 heterocycles. The lowest BCUT2D eigenvalue weighted by Crippen LogP contribution is -2.29. The summed E-state index contributed by atoms with van der Waals surface area (Å²) in [7, 11) is 4.34. The van der Waals surface area contributed by atoms with Gasteiger partial charge >= 0.3 is 0 Å². The number of nitrogens with zero attached hydrogens (tertiary/aromatic N) is 10. The summed E-state index contributed by atoms with van der Waals surface area (Å²) in [5.74, 6) is 4.20. The van der Waals surface area contributed by atoms with E-state index in [9.17, 15) is 0 Å². The van der Waals surface area contributed by atoms with Gasteiger partial charge in [-0.2, -0.15) is 0 Å². The predicted octanol–water partition coefficient (Wildman–Crippen LogP) is 11.4. The van der Waals surface area contributed by atoms with Crippen LogP contribution in [-0.4, -0.2) is 127 Å². The molecule has 17 heteroatoms. The van der Waals surface area contributed by atoms with Gasteiger partial charge < -0.3 is 36.4 Å². The number of rotatable bonds is 11. The Morgan fingerprint density at radius 1 is 0.407 bits per heavy atom. The minimum absolute atomic E-state index is 0. The van der Waals surface area contributed by atoms with Crippen molar-refractivity contribution < 1.29 is 0 Å². The van der Waals surface area contributed by atoms with Crippen molar-refractivity contribution in [1.82, 2.24) is 55.0 Å². The second-order valence-corrected chi connectivity index (χ2v) is 25.0. The first-order chi connectivity index (χ1) is 41.7. The minimum atomic E-state index is 0. The Hall–Kier alpha value is -7.21. The Labute approximate surface area is 522 Å². The lowest BCUT2D eigenvalue weighted by Gasteiger charge is -2.28. The second-order valence-electron chi connectivity index (χ2n) is 24.1. The summed E-state index contributed by atoms with van der Waals surface area (Å²) in [5.41, 5.74) is 16.6. The fraction of sp³-hybridized carbons (Fsp3) is 0.391. The van der Waals surface area contributed by atoms with Gasteiger partial charge in [-0.15, -0.1) is 12.4 Å². The molecule has 0 radical (unpaired) electrons. The molecule has 7 aliphatic rings. The summed E-state index contributed by atoms with van der Waals surface area (Å²) >= 11 is 3.33. The largest absolute Gasteiger partial charge is 0.351 e. The average molecular weight is 1240 g/mol. The van der Waals surface area contributed by atoms with E-state index < -0.39 is 0 Å². The van der Waals surface area contributed by atoms with Gasteiger partial charge in [-0.3, -0.25) is 0 Å². The Balaban J connectivity index is 0.000000119. The Kier molecular flexibility index (Phi) is 20.7. The van der Waals surface area contributed by atoms with Crippen LogP contribution >= 0.6 is 28.3 Å². The van der Waals surface area contributed by atoms with Crippen LogP contribution in [0.3, 0.4) is 0 Å². The summed E-state index contributed by atoms with van der Waals surface area (Å²) in [6.45, 7) is 6.66. The SMILES string of the molecule is Brc1cnc(NC2Cc3ccccc3C2)nc1.CN1CC=C(c2cnc(NC3Cc4ccccc4C3)nc2)CC1.CN1CCC(c2cnc(NC3Cc4ccccc4C3)nc2)CC1.Cl.c1ccc2c(c1)CC(Nc1ncc(C3CCNCC3)cn1)C2. The third-order valence-corrected chi connectivity index (χ3v) is 18.3. The van der Waals surface area contributed by atoms with Crippen LogP contribution in [0.2, 0.25) is 0 Å². The number of nitrogens with one attached hydrogen (secondary N) is 5. The van der Waals surface area contributed by atoms with E-state index in [1.165, 1.54) is 100.0 Å². The van der Waals surface area contributed by atoms with E-state index >= 15 is 0 Å². The van der Waals surface area contributed by atoms with Crippen LogP contribution in [0.15, 0.2) is 157 Å². The number of halogens is 2. The summed E-state index contributed by atoms with van der Waals surface area (Å²) in [6.07, 6.45) is 32.1. The highest BCUT2D eigenvalue weighted by molar-refractivity contribution is 9.10. The molecule has 4 aromatic heterocycles. The quantitative estimate of drug-likeness (QED) is 0.0828. The fourth-order valence-corrected chi connectivity index (χ4v) is 13.3. The molecule has 15 nitrogen and oxygen atoms in total. The monoisotopic (exact) mass is 1230 g/mol. The van der Waals surface area contributed by atoms with Crippen LogP contribution in [-0.2, 0) is 51.4 Å². The molecule has 0 amide bonds. The summed E-state index contributed by atoms with van der Waals surface area (Å²) in [5, 5.41) is 17.2. The zero-order valence-corrected chi connectivity index (χ0v) is 52.0. The van der Waals surface area contributed by atoms with E-state index in [4.69, 9.17) is 0 Å². The molecule has 15 rings (SSSR count). The van der Waals surface area contributed by atoms with Crippen molar-refractivity contribution in [3.8, 4) is 0 Å². The Morgan fingerprint density at radius 3 is 1.05 bits per heavy atom. The number of likely N-dealkylation sites (tertiary alicyclic amines) is 1. The molecular weight excluding hydrogens is 1150 g/mol. The van der Waals surface area contributed by atoms with Crippen LogP contribution in [0.25, 0.3) is 5.57 Å². The molecule has 4 aromatic carbocycles. The molecule has 0 bridgehead atoms. The molecule has 3 aliphatic heterocycles. The van der Waals surface area contributed by atoms with Crippen LogP contribution in [0, 0.1) is 0 Å². The first kappa shape index (κ1) is 60.5.